The minimum atomic E-state index is -1.05. The number of amides is 4. The predicted octanol–water partition coefficient (Wildman–Crippen LogP) is 3.75. The van der Waals surface area contributed by atoms with Gasteiger partial charge >= 0.3 is 0 Å². The Kier molecular flexibility index (Phi) is 9.23. The molecular formula is C31H28N4O5. The topological polar surface area (TPSA) is 126 Å². The number of hydrazine groups is 1. The average Bonchev–Trinajstić information content (AvgIpc) is 3.00. The maximum absolute atomic E-state index is 13.4. The first-order chi connectivity index (χ1) is 19.5. The van der Waals surface area contributed by atoms with Crippen LogP contribution in [0.2, 0.25) is 0 Å². The Morgan fingerprint density at radius 3 is 1.95 bits per heavy atom. The summed E-state index contributed by atoms with van der Waals surface area (Å²) in [6.07, 6.45) is 0.154. The van der Waals surface area contributed by atoms with Gasteiger partial charge in [-0.2, -0.15) is 0 Å². The molecule has 4 aromatic rings. The molecule has 4 aromatic carbocycles. The highest BCUT2D eigenvalue weighted by molar-refractivity contribution is 6.09. The summed E-state index contributed by atoms with van der Waals surface area (Å²) >= 11 is 0. The van der Waals surface area contributed by atoms with Crippen molar-refractivity contribution in [3.63, 3.8) is 0 Å². The minimum absolute atomic E-state index is 0.154. The highest BCUT2D eigenvalue weighted by Gasteiger charge is 2.24. The molecule has 0 aliphatic rings. The van der Waals surface area contributed by atoms with Crippen molar-refractivity contribution in [2.75, 3.05) is 12.4 Å². The number of benzene rings is 4. The van der Waals surface area contributed by atoms with Crippen LogP contribution >= 0.6 is 0 Å². The fourth-order valence-electron chi connectivity index (χ4n) is 3.97. The third-order valence-corrected chi connectivity index (χ3v) is 6.01. The maximum Gasteiger partial charge on any atom is 0.273 e. The van der Waals surface area contributed by atoms with E-state index < -0.39 is 23.8 Å². The molecule has 0 aliphatic heterocycles. The normalized spacial score (nSPS) is 11.0. The molecule has 0 aliphatic carbocycles. The first-order valence-electron chi connectivity index (χ1n) is 12.5. The molecule has 4 amide bonds. The molecule has 0 heterocycles. The van der Waals surface area contributed by atoms with Gasteiger partial charge in [-0.05, 0) is 42.0 Å². The van der Waals surface area contributed by atoms with Crippen LogP contribution in [0.4, 0.5) is 5.69 Å². The molecule has 202 valence electrons. The quantitative estimate of drug-likeness (QED) is 0.243. The lowest BCUT2D eigenvalue weighted by atomic mass is 10.0. The van der Waals surface area contributed by atoms with Crippen LogP contribution in [-0.2, 0) is 11.2 Å². The summed E-state index contributed by atoms with van der Waals surface area (Å²) < 4.78 is 5.21. The Balaban J connectivity index is 1.50. The van der Waals surface area contributed by atoms with E-state index in [9.17, 15) is 19.2 Å². The SMILES string of the molecule is COc1ccccc1C(=O)NNC(=O)C(Cc1ccccc1)NC(=O)c1ccccc1NC(=O)c1ccccc1. The second kappa shape index (κ2) is 13.4. The monoisotopic (exact) mass is 536 g/mol. The Hall–Kier alpha value is -5.44. The summed E-state index contributed by atoms with van der Waals surface area (Å²) in [5, 5.41) is 5.50. The standard InChI is InChI=1S/C31H28N4O5/c1-40-27-19-11-9-17-24(27)30(38)34-35-31(39)26(20-21-12-4-2-5-13-21)33-29(37)23-16-8-10-18-25(23)32-28(36)22-14-6-3-7-15-22/h2-19,26H,20H2,1H3,(H,32,36)(H,33,37)(H,34,38)(H,35,39). The lowest BCUT2D eigenvalue weighted by Crippen LogP contribution is -2.53. The number of carbonyl (C=O) groups excluding carboxylic acids is 4. The Morgan fingerprint density at radius 1 is 0.650 bits per heavy atom. The highest BCUT2D eigenvalue weighted by atomic mass is 16.5. The fraction of sp³-hybridized carbons (Fsp3) is 0.0968. The van der Waals surface area contributed by atoms with Gasteiger partial charge in [0.25, 0.3) is 23.6 Å². The van der Waals surface area contributed by atoms with Crippen LogP contribution in [0.15, 0.2) is 109 Å². The summed E-state index contributed by atoms with van der Waals surface area (Å²) in [5.74, 6) is -1.82. The summed E-state index contributed by atoms with van der Waals surface area (Å²) in [5.41, 5.74) is 6.71. The van der Waals surface area contributed by atoms with E-state index in [-0.39, 0.29) is 29.1 Å². The summed E-state index contributed by atoms with van der Waals surface area (Å²) in [6, 6.07) is 29.8. The van der Waals surface area contributed by atoms with E-state index in [4.69, 9.17) is 4.74 Å². The lowest BCUT2D eigenvalue weighted by Gasteiger charge is -2.20. The molecule has 4 rings (SSSR count). The number of rotatable bonds is 9. The van der Waals surface area contributed by atoms with Crippen molar-refractivity contribution < 1.29 is 23.9 Å². The van der Waals surface area contributed by atoms with Crippen LogP contribution in [0.25, 0.3) is 0 Å². The number of hydrogen-bond donors (Lipinski definition) is 4. The molecule has 1 unspecified atom stereocenters. The molecule has 0 radical (unpaired) electrons. The van der Waals surface area contributed by atoms with Gasteiger partial charge in [-0.1, -0.05) is 72.8 Å². The van der Waals surface area contributed by atoms with E-state index in [0.717, 1.165) is 5.56 Å². The molecule has 0 bridgehead atoms. The number of methoxy groups -OCH3 is 1. The molecule has 40 heavy (non-hydrogen) atoms. The largest absolute Gasteiger partial charge is 0.496 e. The van der Waals surface area contributed by atoms with Crippen molar-refractivity contribution in [2.45, 2.75) is 12.5 Å². The van der Waals surface area contributed by atoms with Gasteiger partial charge in [-0.3, -0.25) is 30.0 Å². The predicted molar refractivity (Wildman–Crippen MR) is 151 cm³/mol. The Labute approximate surface area is 231 Å². The second-order valence-corrected chi connectivity index (χ2v) is 8.73. The maximum atomic E-state index is 13.4. The average molecular weight is 537 g/mol. The smallest absolute Gasteiger partial charge is 0.273 e. The van der Waals surface area contributed by atoms with Gasteiger partial charge in [0.1, 0.15) is 11.8 Å². The van der Waals surface area contributed by atoms with Crippen molar-refractivity contribution >= 4 is 29.3 Å². The molecule has 0 saturated heterocycles. The van der Waals surface area contributed by atoms with Gasteiger partial charge in [0.05, 0.1) is 23.9 Å². The van der Waals surface area contributed by atoms with Crippen LogP contribution in [0, 0.1) is 0 Å². The van der Waals surface area contributed by atoms with E-state index in [1.54, 1.807) is 78.9 Å². The third-order valence-electron chi connectivity index (χ3n) is 6.01. The second-order valence-electron chi connectivity index (χ2n) is 8.73. The molecule has 0 saturated carbocycles. The van der Waals surface area contributed by atoms with Crippen molar-refractivity contribution in [2.24, 2.45) is 0 Å². The summed E-state index contributed by atoms with van der Waals surface area (Å²) in [4.78, 5) is 52.0. The first kappa shape index (κ1) is 27.6. The summed E-state index contributed by atoms with van der Waals surface area (Å²) in [7, 11) is 1.44. The number of para-hydroxylation sites is 2. The van der Waals surface area contributed by atoms with Gasteiger partial charge in [-0.15, -0.1) is 0 Å². The van der Waals surface area contributed by atoms with Crippen LogP contribution in [-0.4, -0.2) is 36.8 Å². The van der Waals surface area contributed by atoms with Crippen LogP contribution < -0.4 is 26.2 Å². The van der Waals surface area contributed by atoms with E-state index in [1.165, 1.54) is 7.11 Å². The molecule has 9 nitrogen and oxygen atoms in total. The number of ether oxygens (including phenoxy) is 1. The zero-order valence-corrected chi connectivity index (χ0v) is 21.7. The molecule has 0 fully saturated rings. The molecular weight excluding hydrogens is 508 g/mol. The van der Waals surface area contributed by atoms with Crippen LogP contribution in [0.3, 0.4) is 0 Å². The lowest BCUT2D eigenvalue weighted by molar-refractivity contribution is -0.123. The molecule has 9 heteroatoms. The Morgan fingerprint density at radius 2 is 1.25 bits per heavy atom. The van der Waals surface area contributed by atoms with Crippen LogP contribution in [0.1, 0.15) is 36.6 Å². The van der Waals surface area contributed by atoms with Gasteiger partial charge in [0.15, 0.2) is 0 Å². The molecule has 4 N–H and O–H groups in total. The van der Waals surface area contributed by atoms with Gasteiger partial charge in [0, 0.05) is 12.0 Å². The number of carbonyl (C=O) groups is 4. The van der Waals surface area contributed by atoms with Crippen molar-refractivity contribution in [1.82, 2.24) is 16.2 Å². The van der Waals surface area contributed by atoms with Gasteiger partial charge in [0.2, 0.25) is 0 Å². The molecule has 0 spiro atoms. The Bertz CT molecular complexity index is 1490. The first-order valence-corrected chi connectivity index (χ1v) is 12.5. The molecule has 1 atom stereocenters. The van der Waals surface area contributed by atoms with Gasteiger partial charge in [-0.25, -0.2) is 0 Å². The van der Waals surface area contributed by atoms with Gasteiger partial charge < -0.3 is 15.4 Å². The fourth-order valence-corrected chi connectivity index (χ4v) is 3.97. The van der Waals surface area contributed by atoms with Crippen molar-refractivity contribution in [3.8, 4) is 5.75 Å². The van der Waals surface area contributed by atoms with Crippen molar-refractivity contribution in [3.05, 3.63) is 131 Å². The number of hydrogen-bond acceptors (Lipinski definition) is 5. The highest BCUT2D eigenvalue weighted by Crippen LogP contribution is 2.18. The third kappa shape index (κ3) is 7.11. The zero-order valence-electron chi connectivity index (χ0n) is 21.7. The van der Waals surface area contributed by atoms with E-state index in [1.807, 2.05) is 30.3 Å². The number of anilines is 1. The zero-order chi connectivity index (χ0) is 28.3. The van der Waals surface area contributed by atoms with E-state index in [2.05, 4.69) is 21.5 Å². The van der Waals surface area contributed by atoms with Crippen LogP contribution in [0.5, 0.6) is 5.75 Å². The minimum Gasteiger partial charge on any atom is -0.496 e. The number of nitrogens with one attached hydrogen (secondary N) is 4. The summed E-state index contributed by atoms with van der Waals surface area (Å²) in [6.45, 7) is 0. The van der Waals surface area contributed by atoms with Crippen molar-refractivity contribution in [1.29, 1.82) is 0 Å². The molecule has 0 aromatic heterocycles. The van der Waals surface area contributed by atoms with E-state index >= 15 is 0 Å². The van der Waals surface area contributed by atoms with E-state index in [0.29, 0.717) is 11.3 Å².